The van der Waals surface area contributed by atoms with Gasteiger partial charge in [-0.15, -0.1) is 0 Å². The minimum Gasteiger partial charge on any atom is -0.481 e. The van der Waals surface area contributed by atoms with Crippen LogP contribution in [0.15, 0.2) is 60.7 Å². The number of aliphatic carboxylic acids is 1. The quantitative estimate of drug-likeness (QED) is 0.248. The highest BCUT2D eigenvalue weighted by Crippen LogP contribution is 2.49. The lowest BCUT2D eigenvalue weighted by Gasteiger charge is -2.35. The number of rotatable bonds is 12. The van der Waals surface area contributed by atoms with Gasteiger partial charge in [0.1, 0.15) is 5.82 Å². The first kappa shape index (κ1) is 29.1. The van der Waals surface area contributed by atoms with Crippen molar-refractivity contribution in [2.24, 2.45) is 23.7 Å². The zero-order valence-corrected chi connectivity index (χ0v) is 25.0. The van der Waals surface area contributed by atoms with Crippen LogP contribution >= 0.6 is 0 Å². The Morgan fingerprint density at radius 3 is 2.48 bits per heavy atom. The van der Waals surface area contributed by atoms with E-state index in [1.165, 1.54) is 35.9 Å². The van der Waals surface area contributed by atoms with Crippen LogP contribution in [-0.2, 0) is 24.2 Å². The Morgan fingerprint density at radius 2 is 1.79 bits per heavy atom. The van der Waals surface area contributed by atoms with Crippen LogP contribution < -0.4 is 0 Å². The molecule has 1 N–H and O–H groups in total. The number of piperidine rings is 1. The number of aromatic nitrogens is 2. The summed E-state index contributed by atoms with van der Waals surface area (Å²) in [5.74, 6) is 0.762. The van der Waals surface area contributed by atoms with Crippen LogP contribution in [0, 0.1) is 29.5 Å². The highest BCUT2D eigenvalue weighted by molar-refractivity contribution is 5.70. The van der Waals surface area contributed by atoms with Gasteiger partial charge in [-0.1, -0.05) is 55.3 Å². The molecule has 3 fully saturated rings. The van der Waals surface area contributed by atoms with Crippen LogP contribution in [0.4, 0.5) is 4.39 Å². The maximum Gasteiger partial charge on any atom is 0.306 e. The van der Waals surface area contributed by atoms with Crippen LogP contribution in [0.3, 0.4) is 0 Å². The molecule has 2 unspecified atom stereocenters. The van der Waals surface area contributed by atoms with Crippen molar-refractivity contribution in [1.29, 1.82) is 0 Å². The smallest absolute Gasteiger partial charge is 0.306 e. The van der Waals surface area contributed by atoms with Crippen molar-refractivity contribution in [1.82, 2.24) is 14.7 Å². The lowest BCUT2D eigenvalue weighted by atomic mass is 9.85. The highest BCUT2D eigenvalue weighted by Gasteiger charge is 2.43. The van der Waals surface area contributed by atoms with E-state index in [-0.39, 0.29) is 23.6 Å². The first-order valence-corrected chi connectivity index (χ1v) is 16.3. The molecule has 1 aromatic heterocycles. The summed E-state index contributed by atoms with van der Waals surface area (Å²) < 4.78 is 16.5. The van der Waals surface area contributed by atoms with E-state index in [1.807, 2.05) is 12.1 Å². The monoisotopic (exact) mass is 571 g/mol. The molecule has 3 aromatic rings. The maximum atomic E-state index is 14.3. The fourth-order valence-electron chi connectivity index (χ4n) is 7.90. The maximum absolute atomic E-state index is 14.3. The zero-order chi connectivity index (χ0) is 29.1. The van der Waals surface area contributed by atoms with Crippen molar-refractivity contribution in [3.63, 3.8) is 0 Å². The minimum absolute atomic E-state index is 0.173. The number of carboxylic acid groups (broad SMARTS) is 1. The lowest BCUT2D eigenvalue weighted by Crippen LogP contribution is -2.37. The topological polar surface area (TPSA) is 58.4 Å². The molecule has 0 radical (unpaired) electrons. The van der Waals surface area contributed by atoms with Crippen LogP contribution in [0.5, 0.6) is 0 Å². The molecule has 2 aliphatic carbocycles. The number of likely N-dealkylation sites (tertiary alicyclic amines) is 1. The second kappa shape index (κ2) is 13.1. The van der Waals surface area contributed by atoms with Crippen molar-refractivity contribution in [2.75, 3.05) is 19.6 Å². The van der Waals surface area contributed by atoms with Gasteiger partial charge in [-0.2, -0.15) is 5.10 Å². The molecule has 2 heterocycles. The van der Waals surface area contributed by atoms with E-state index in [4.69, 9.17) is 5.10 Å². The third-order valence-corrected chi connectivity index (χ3v) is 10.4. The Kier molecular flexibility index (Phi) is 9.09. The highest BCUT2D eigenvalue weighted by atomic mass is 19.1. The summed E-state index contributed by atoms with van der Waals surface area (Å²) in [6.45, 7) is 6.13. The molecular formula is C36H46FN3O2. The predicted octanol–water partition coefficient (Wildman–Crippen LogP) is 7.32. The van der Waals surface area contributed by atoms with E-state index in [9.17, 15) is 14.3 Å². The summed E-state index contributed by atoms with van der Waals surface area (Å²) in [5.41, 5.74) is 4.96. The van der Waals surface area contributed by atoms with Crippen molar-refractivity contribution in [3.05, 3.63) is 89.0 Å². The summed E-state index contributed by atoms with van der Waals surface area (Å²) in [7, 11) is 0. The van der Waals surface area contributed by atoms with Gasteiger partial charge in [0.05, 0.1) is 11.6 Å². The van der Waals surface area contributed by atoms with E-state index in [0.717, 1.165) is 76.7 Å². The molecule has 3 aliphatic rings. The van der Waals surface area contributed by atoms with E-state index in [1.54, 1.807) is 6.07 Å². The van der Waals surface area contributed by atoms with Crippen molar-refractivity contribution < 1.29 is 14.3 Å². The van der Waals surface area contributed by atoms with Crippen LogP contribution in [-0.4, -0.2) is 45.4 Å². The van der Waals surface area contributed by atoms with Gasteiger partial charge in [-0.25, -0.2) is 4.39 Å². The molecule has 2 saturated carbocycles. The largest absolute Gasteiger partial charge is 0.481 e. The molecule has 1 saturated heterocycles. The van der Waals surface area contributed by atoms with E-state index < -0.39 is 5.97 Å². The Bertz CT molecular complexity index is 1330. The molecule has 0 amide bonds. The van der Waals surface area contributed by atoms with E-state index >= 15 is 0 Å². The molecule has 224 valence electrons. The minimum atomic E-state index is -0.637. The Labute approximate surface area is 250 Å². The molecule has 4 atom stereocenters. The summed E-state index contributed by atoms with van der Waals surface area (Å²) >= 11 is 0. The van der Waals surface area contributed by atoms with Gasteiger partial charge in [0.15, 0.2) is 0 Å². The molecule has 42 heavy (non-hydrogen) atoms. The molecular weight excluding hydrogens is 525 g/mol. The number of carboxylic acids is 1. The van der Waals surface area contributed by atoms with Crippen molar-refractivity contribution in [2.45, 2.75) is 83.1 Å². The average Bonchev–Trinajstić information content (AvgIpc) is 3.59. The summed E-state index contributed by atoms with van der Waals surface area (Å²) in [6.07, 6.45) is 9.15. The standard InChI is InChI=1S/C36H46FN3O2/c1-2-40-35(23-32(38-40)14-13-25-7-4-3-5-8-25)27-15-17-39(18-16-27)24-30-20-29(34(36(41)42)19-26-11-12-26)22-33(30)28-9-6-10-31(37)21-28/h3-10,21,23,26-27,29-30,33-34H,2,11-20,22,24H2,1H3,(H,41,42)/t29?,30-,33-,34?/m1/s1. The number of carbonyl (C=O) groups is 1. The van der Waals surface area contributed by atoms with Gasteiger partial charge in [0, 0.05) is 24.7 Å². The molecule has 6 rings (SSSR count). The molecule has 1 aliphatic heterocycles. The normalized spacial score (nSPS) is 24.2. The van der Waals surface area contributed by atoms with Gasteiger partial charge < -0.3 is 10.0 Å². The number of hydrogen-bond acceptors (Lipinski definition) is 3. The van der Waals surface area contributed by atoms with Gasteiger partial charge >= 0.3 is 5.97 Å². The van der Waals surface area contributed by atoms with Gasteiger partial charge in [0.2, 0.25) is 0 Å². The summed E-state index contributed by atoms with van der Waals surface area (Å²) in [5, 5.41) is 15.1. The van der Waals surface area contributed by atoms with E-state index in [0.29, 0.717) is 17.8 Å². The van der Waals surface area contributed by atoms with Crippen molar-refractivity contribution in [3.8, 4) is 0 Å². The number of halogens is 1. The first-order chi connectivity index (χ1) is 20.5. The summed E-state index contributed by atoms with van der Waals surface area (Å²) in [6, 6.07) is 20.0. The second-order valence-electron chi connectivity index (χ2n) is 13.2. The van der Waals surface area contributed by atoms with Gasteiger partial charge in [-0.3, -0.25) is 9.48 Å². The average molecular weight is 572 g/mol. The Morgan fingerprint density at radius 1 is 1.00 bits per heavy atom. The SMILES string of the molecule is CCn1nc(CCc2ccccc2)cc1C1CCN(C[C@H]2CC(C(CC3CC3)C(=O)O)C[C@@H]2c2cccc(F)c2)CC1. The fourth-order valence-corrected chi connectivity index (χ4v) is 7.90. The number of benzene rings is 2. The zero-order valence-electron chi connectivity index (χ0n) is 25.0. The van der Waals surface area contributed by atoms with Gasteiger partial charge in [0.25, 0.3) is 0 Å². The molecule has 0 bridgehead atoms. The van der Waals surface area contributed by atoms with Gasteiger partial charge in [-0.05, 0) is 118 Å². The first-order valence-electron chi connectivity index (χ1n) is 16.3. The molecule has 0 spiro atoms. The Balaban J connectivity index is 1.10. The number of aryl methyl sites for hydroxylation is 3. The fraction of sp³-hybridized carbons (Fsp3) is 0.556. The second-order valence-corrected chi connectivity index (χ2v) is 13.2. The third kappa shape index (κ3) is 6.96. The number of nitrogens with zero attached hydrogens (tertiary/aromatic N) is 3. The van der Waals surface area contributed by atoms with Crippen LogP contribution in [0.2, 0.25) is 0 Å². The molecule has 6 heteroatoms. The number of hydrogen-bond donors (Lipinski definition) is 1. The van der Waals surface area contributed by atoms with Crippen LogP contribution in [0.25, 0.3) is 0 Å². The molecule has 5 nitrogen and oxygen atoms in total. The Hall–Kier alpha value is -2.99. The lowest BCUT2D eigenvalue weighted by molar-refractivity contribution is -0.144. The summed E-state index contributed by atoms with van der Waals surface area (Å²) in [4.78, 5) is 14.9. The predicted molar refractivity (Wildman–Crippen MR) is 164 cm³/mol. The van der Waals surface area contributed by atoms with Crippen LogP contribution in [0.1, 0.15) is 86.2 Å². The molecule has 2 aromatic carbocycles. The third-order valence-electron chi connectivity index (χ3n) is 10.4. The van der Waals surface area contributed by atoms with Crippen molar-refractivity contribution >= 4 is 5.97 Å². The van der Waals surface area contributed by atoms with E-state index in [2.05, 4.69) is 52.9 Å².